The van der Waals surface area contributed by atoms with Crippen LogP contribution in [0.5, 0.6) is 11.5 Å². The van der Waals surface area contributed by atoms with Crippen molar-refractivity contribution in [3.63, 3.8) is 0 Å². The minimum Gasteiger partial charge on any atom is -0.497 e. The summed E-state index contributed by atoms with van der Waals surface area (Å²) >= 11 is 0. The summed E-state index contributed by atoms with van der Waals surface area (Å²) in [6, 6.07) is 6.82. The normalized spacial score (nSPS) is 14.6. The molecule has 1 fully saturated rings. The molecule has 0 spiro atoms. The molecule has 0 aliphatic heterocycles. The van der Waals surface area contributed by atoms with Crippen LogP contribution in [0.4, 0.5) is 0 Å². The molecule has 0 unspecified atom stereocenters. The van der Waals surface area contributed by atoms with Crippen LogP contribution in [-0.4, -0.2) is 19.8 Å². The first-order chi connectivity index (χ1) is 9.69. The fraction of sp³-hybridized carbons (Fsp3) is 0.647. The van der Waals surface area contributed by atoms with Gasteiger partial charge in [-0.3, -0.25) is 0 Å². The van der Waals surface area contributed by atoms with E-state index in [1.165, 1.54) is 24.8 Å². The van der Waals surface area contributed by atoms with Gasteiger partial charge in [0, 0.05) is 24.2 Å². The number of methoxy groups -OCH3 is 1. The first-order valence-electron chi connectivity index (χ1n) is 7.72. The molecular formula is C17H27NO2. The molecule has 1 aromatic carbocycles. The maximum Gasteiger partial charge on any atom is 0.127 e. The Hall–Kier alpha value is -1.22. The standard InChI is InChI=1S/C17H27NO2/c1-13(2)5-4-10-20-17-11-16(19-3)9-6-14(17)12-18-15-7-8-15/h6,9,11,13,15,18H,4-5,7-8,10,12H2,1-3H3. The molecule has 0 bridgehead atoms. The van der Waals surface area contributed by atoms with Crippen molar-refractivity contribution in [2.45, 2.75) is 52.1 Å². The van der Waals surface area contributed by atoms with Gasteiger partial charge in [0.2, 0.25) is 0 Å². The van der Waals surface area contributed by atoms with Crippen molar-refractivity contribution in [2.75, 3.05) is 13.7 Å². The lowest BCUT2D eigenvalue weighted by molar-refractivity contribution is 0.292. The maximum atomic E-state index is 5.96. The molecule has 1 N–H and O–H groups in total. The molecule has 3 heteroatoms. The second kappa shape index (κ2) is 7.53. The molecule has 1 saturated carbocycles. The van der Waals surface area contributed by atoms with E-state index in [0.717, 1.165) is 37.0 Å². The SMILES string of the molecule is COc1ccc(CNC2CC2)c(OCCCC(C)C)c1. The van der Waals surface area contributed by atoms with Gasteiger partial charge >= 0.3 is 0 Å². The van der Waals surface area contributed by atoms with E-state index in [2.05, 4.69) is 25.2 Å². The molecule has 0 aromatic heterocycles. The van der Waals surface area contributed by atoms with Crippen LogP contribution in [0, 0.1) is 5.92 Å². The highest BCUT2D eigenvalue weighted by Crippen LogP contribution is 2.27. The number of hydrogen-bond acceptors (Lipinski definition) is 3. The van der Waals surface area contributed by atoms with E-state index < -0.39 is 0 Å². The highest BCUT2D eigenvalue weighted by molar-refractivity contribution is 5.40. The monoisotopic (exact) mass is 277 g/mol. The number of hydrogen-bond donors (Lipinski definition) is 1. The average molecular weight is 277 g/mol. The van der Waals surface area contributed by atoms with Crippen LogP contribution in [0.15, 0.2) is 18.2 Å². The molecule has 20 heavy (non-hydrogen) atoms. The summed E-state index contributed by atoms with van der Waals surface area (Å²) in [5.74, 6) is 2.56. The molecular weight excluding hydrogens is 250 g/mol. The van der Waals surface area contributed by atoms with Crippen molar-refractivity contribution in [3.8, 4) is 11.5 Å². The molecule has 2 rings (SSSR count). The lowest BCUT2D eigenvalue weighted by Crippen LogP contribution is -2.16. The molecule has 0 radical (unpaired) electrons. The summed E-state index contributed by atoms with van der Waals surface area (Å²) in [6.07, 6.45) is 4.92. The molecule has 0 amide bonds. The molecule has 0 heterocycles. The van der Waals surface area contributed by atoms with Crippen molar-refractivity contribution in [2.24, 2.45) is 5.92 Å². The smallest absolute Gasteiger partial charge is 0.127 e. The Labute approximate surface area is 122 Å². The molecule has 1 aromatic rings. The van der Waals surface area contributed by atoms with Gasteiger partial charge in [-0.15, -0.1) is 0 Å². The van der Waals surface area contributed by atoms with Gasteiger partial charge in [-0.25, -0.2) is 0 Å². The molecule has 1 aliphatic rings. The molecule has 0 atom stereocenters. The summed E-state index contributed by atoms with van der Waals surface area (Å²) in [5, 5.41) is 3.54. The lowest BCUT2D eigenvalue weighted by atomic mass is 10.1. The third kappa shape index (κ3) is 5.04. The second-order valence-electron chi connectivity index (χ2n) is 6.01. The van der Waals surface area contributed by atoms with E-state index in [9.17, 15) is 0 Å². The Kier molecular flexibility index (Phi) is 5.72. The molecule has 0 saturated heterocycles. The second-order valence-corrected chi connectivity index (χ2v) is 6.01. The number of benzene rings is 1. The van der Waals surface area contributed by atoms with Crippen LogP contribution in [0.2, 0.25) is 0 Å². The quantitative estimate of drug-likeness (QED) is 0.697. The topological polar surface area (TPSA) is 30.5 Å². The van der Waals surface area contributed by atoms with Crippen LogP contribution in [0.1, 0.15) is 45.1 Å². The third-order valence-corrected chi connectivity index (χ3v) is 3.62. The van der Waals surface area contributed by atoms with Crippen molar-refractivity contribution >= 4 is 0 Å². The lowest BCUT2D eigenvalue weighted by Gasteiger charge is -2.14. The van der Waals surface area contributed by atoms with E-state index in [1.807, 2.05) is 12.1 Å². The Bertz CT molecular complexity index is 413. The Morgan fingerprint density at radius 2 is 2.10 bits per heavy atom. The minimum atomic E-state index is 0.714. The number of rotatable bonds is 9. The first kappa shape index (κ1) is 15.2. The van der Waals surface area contributed by atoms with E-state index in [1.54, 1.807) is 7.11 Å². The third-order valence-electron chi connectivity index (χ3n) is 3.62. The largest absolute Gasteiger partial charge is 0.497 e. The predicted octanol–water partition coefficient (Wildman–Crippen LogP) is 3.76. The Balaban J connectivity index is 1.90. The average Bonchev–Trinajstić information content (AvgIpc) is 3.25. The predicted molar refractivity (Wildman–Crippen MR) is 82.4 cm³/mol. The van der Waals surface area contributed by atoms with E-state index in [4.69, 9.17) is 9.47 Å². The minimum absolute atomic E-state index is 0.714. The summed E-state index contributed by atoms with van der Waals surface area (Å²) in [5.41, 5.74) is 1.22. The van der Waals surface area contributed by atoms with Gasteiger partial charge in [0.1, 0.15) is 11.5 Å². The fourth-order valence-electron chi connectivity index (χ4n) is 2.16. The summed E-state index contributed by atoms with van der Waals surface area (Å²) in [6.45, 7) is 6.16. The van der Waals surface area contributed by atoms with Gasteiger partial charge in [0.25, 0.3) is 0 Å². The zero-order chi connectivity index (χ0) is 14.4. The number of nitrogens with one attached hydrogen (secondary N) is 1. The first-order valence-corrected chi connectivity index (χ1v) is 7.72. The van der Waals surface area contributed by atoms with Gasteiger partial charge in [-0.05, 0) is 37.7 Å². The van der Waals surface area contributed by atoms with Crippen LogP contribution in [0.25, 0.3) is 0 Å². The number of ether oxygens (including phenoxy) is 2. The van der Waals surface area contributed by atoms with E-state index in [0.29, 0.717) is 6.04 Å². The Morgan fingerprint density at radius 3 is 2.75 bits per heavy atom. The van der Waals surface area contributed by atoms with Crippen LogP contribution in [0.3, 0.4) is 0 Å². The van der Waals surface area contributed by atoms with Gasteiger partial charge in [0.05, 0.1) is 13.7 Å². The fourth-order valence-corrected chi connectivity index (χ4v) is 2.16. The van der Waals surface area contributed by atoms with Gasteiger partial charge in [-0.1, -0.05) is 19.9 Å². The van der Waals surface area contributed by atoms with Crippen molar-refractivity contribution in [3.05, 3.63) is 23.8 Å². The van der Waals surface area contributed by atoms with Crippen LogP contribution >= 0.6 is 0 Å². The van der Waals surface area contributed by atoms with Gasteiger partial charge in [-0.2, -0.15) is 0 Å². The summed E-state index contributed by atoms with van der Waals surface area (Å²) in [7, 11) is 1.69. The van der Waals surface area contributed by atoms with Crippen molar-refractivity contribution < 1.29 is 9.47 Å². The van der Waals surface area contributed by atoms with Gasteiger partial charge < -0.3 is 14.8 Å². The van der Waals surface area contributed by atoms with E-state index in [-0.39, 0.29) is 0 Å². The molecule has 3 nitrogen and oxygen atoms in total. The summed E-state index contributed by atoms with van der Waals surface area (Å²) in [4.78, 5) is 0. The highest BCUT2D eigenvalue weighted by Gasteiger charge is 2.20. The van der Waals surface area contributed by atoms with Crippen molar-refractivity contribution in [1.29, 1.82) is 0 Å². The summed E-state index contributed by atoms with van der Waals surface area (Å²) < 4.78 is 11.3. The maximum absolute atomic E-state index is 5.96. The Morgan fingerprint density at radius 1 is 1.30 bits per heavy atom. The zero-order valence-electron chi connectivity index (χ0n) is 12.9. The van der Waals surface area contributed by atoms with E-state index >= 15 is 0 Å². The van der Waals surface area contributed by atoms with Crippen LogP contribution < -0.4 is 14.8 Å². The van der Waals surface area contributed by atoms with Crippen LogP contribution in [-0.2, 0) is 6.54 Å². The highest BCUT2D eigenvalue weighted by atomic mass is 16.5. The molecule has 112 valence electrons. The zero-order valence-corrected chi connectivity index (χ0v) is 12.9. The van der Waals surface area contributed by atoms with Crippen molar-refractivity contribution in [1.82, 2.24) is 5.32 Å². The molecule has 1 aliphatic carbocycles. The van der Waals surface area contributed by atoms with Gasteiger partial charge in [0.15, 0.2) is 0 Å².